The monoisotopic (exact) mass is 214 g/mol. The van der Waals surface area contributed by atoms with Crippen LogP contribution in [0.2, 0.25) is 0 Å². The minimum atomic E-state index is -0.492. The number of carbonyl (C=O) groups excluding carboxylic acids is 1. The molecule has 0 amide bonds. The van der Waals surface area contributed by atoms with Crippen LogP contribution in [0.25, 0.3) is 0 Å². The first-order valence-electron chi connectivity index (χ1n) is 5.73. The van der Waals surface area contributed by atoms with E-state index in [0.717, 1.165) is 19.0 Å². The van der Waals surface area contributed by atoms with E-state index in [0.29, 0.717) is 6.54 Å². The molecule has 4 heteroatoms. The molecule has 0 radical (unpaired) electrons. The van der Waals surface area contributed by atoms with Crippen LogP contribution in [0.3, 0.4) is 0 Å². The summed E-state index contributed by atoms with van der Waals surface area (Å²) in [6.07, 6.45) is 3.71. The van der Waals surface area contributed by atoms with Gasteiger partial charge in [0.25, 0.3) is 0 Å². The van der Waals surface area contributed by atoms with Gasteiger partial charge in [-0.3, -0.25) is 4.79 Å². The Morgan fingerprint density at radius 3 is 2.60 bits per heavy atom. The summed E-state index contributed by atoms with van der Waals surface area (Å²) >= 11 is 0. The Bertz CT molecular complexity index is 201. The first-order valence-corrected chi connectivity index (χ1v) is 5.73. The van der Waals surface area contributed by atoms with E-state index in [2.05, 4.69) is 16.6 Å². The van der Waals surface area contributed by atoms with Gasteiger partial charge in [0.15, 0.2) is 0 Å². The molecular weight excluding hydrogens is 192 g/mol. The average Bonchev–Trinajstić information content (AvgIpc) is 2.29. The maximum atomic E-state index is 11.1. The van der Waals surface area contributed by atoms with Crippen LogP contribution in [0, 0.1) is 5.92 Å². The fourth-order valence-corrected chi connectivity index (χ4v) is 2.08. The molecule has 1 heterocycles. The summed E-state index contributed by atoms with van der Waals surface area (Å²) in [5.41, 5.74) is 5.71. The molecular formula is C11H22N2O2. The largest absolute Gasteiger partial charge is 0.468 e. The molecule has 1 atom stereocenters. The highest BCUT2D eigenvalue weighted by atomic mass is 16.5. The van der Waals surface area contributed by atoms with Gasteiger partial charge in [0, 0.05) is 6.54 Å². The van der Waals surface area contributed by atoms with Crippen molar-refractivity contribution >= 4 is 5.97 Å². The molecule has 1 aliphatic rings. The van der Waals surface area contributed by atoms with E-state index < -0.39 is 6.04 Å². The Labute approximate surface area is 91.8 Å². The van der Waals surface area contributed by atoms with Crippen LogP contribution in [0.15, 0.2) is 0 Å². The lowest BCUT2D eigenvalue weighted by molar-refractivity contribution is -0.142. The summed E-state index contributed by atoms with van der Waals surface area (Å²) in [6.45, 7) is 4.98. The van der Waals surface area contributed by atoms with Crippen molar-refractivity contribution in [1.29, 1.82) is 0 Å². The number of piperidine rings is 1. The van der Waals surface area contributed by atoms with Crippen LogP contribution in [-0.2, 0) is 9.53 Å². The van der Waals surface area contributed by atoms with Gasteiger partial charge >= 0.3 is 5.97 Å². The highest BCUT2D eigenvalue weighted by Gasteiger charge is 2.22. The molecule has 1 saturated heterocycles. The second-order valence-corrected chi connectivity index (χ2v) is 4.28. The third-order valence-corrected chi connectivity index (χ3v) is 3.24. The number of rotatable bonds is 4. The first-order chi connectivity index (χ1) is 7.17. The Morgan fingerprint density at radius 1 is 1.53 bits per heavy atom. The summed E-state index contributed by atoms with van der Waals surface area (Å²) in [7, 11) is 1.38. The van der Waals surface area contributed by atoms with Crippen LogP contribution in [0.5, 0.6) is 0 Å². The number of methoxy groups -OCH3 is 1. The summed E-state index contributed by atoms with van der Waals surface area (Å²) in [4.78, 5) is 13.4. The number of nitrogens with zero attached hydrogens (tertiary/aromatic N) is 1. The van der Waals surface area contributed by atoms with Crippen LogP contribution < -0.4 is 5.73 Å². The topological polar surface area (TPSA) is 55.6 Å². The van der Waals surface area contributed by atoms with Crippen molar-refractivity contribution < 1.29 is 9.53 Å². The predicted molar refractivity (Wildman–Crippen MR) is 59.4 cm³/mol. The van der Waals surface area contributed by atoms with Gasteiger partial charge in [-0.2, -0.15) is 0 Å². The first kappa shape index (κ1) is 12.5. The van der Waals surface area contributed by atoms with E-state index in [9.17, 15) is 4.79 Å². The molecule has 0 saturated carbocycles. The molecule has 0 spiro atoms. The molecule has 0 bridgehead atoms. The zero-order valence-corrected chi connectivity index (χ0v) is 9.74. The molecule has 1 rings (SSSR count). The highest BCUT2D eigenvalue weighted by Crippen LogP contribution is 2.19. The van der Waals surface area contributed by atoms with Crippen LogP contribution in [-0.4, -0.2) is 43.7 Å². The number of ether oxygens (including phenoxy) is 1. The lowest BCUT2D eigenvalue weighted by Crippen LogP contribution is -2.46. The standard InChI is InChI=1S/C11H22N2O2/c1-3-9-4-6-13(7-5-9)8-10(12)11(14)15-2/h9-10H,3-8,12H2,1-2H3. The minimum Gasteiger partial charge on any atom is -0.468 e. The maximum absolute atomic E-state index is 11.1. The van der Waals surface area contributed by atoms with Crippen molar-refractivity contribution in [2.45, 2.75) is 32.2 Å². The van der Waals surface area contributed by atoms with E-state index in [1.165, 1.54) is 26.4 Å². The quantitative estimate of drug-likeness (QED) is 0.697. The van der Waals surface area contributed by atoms with Crippen molar-refractivity contribution in [2.75, 3.05) is 26.7 Å². The lowest BCUT2D eigenvalue weighted by Gasteiger charge is -2.32. The molecule has 1 fully saturated rings. The molecule has 0 aromatic carbocycles. The number of nitrogens with two attached hydrogens (primary N) is 1. The maximum Gasteiger partial charge on any atom is 0.323 e. The Morgan fingerprint density at radius 2 is 2.13 bits per heavy atom. The average molecular weight is 214 g/mol. The van der Waals surface area contributed by atoms with Gasteiger partial charge in [-0.05, 0) is 31.8 Å². The smallest absolute Gasteiger partial charge is 0.323 e. The Hall–Kier alpha value is -0.610. The molecule has 0 aromatic heterocycles. The molecule has 0 aromatic rings. The second-order valence-electron chi connectivity index (χ2n) is 4.28. The zero-order chi connectivity index (χ0) is 11.3. The van der Waals surface area contributed by atoms with Crippen molar-refractivity contribution in [3.05, 3.63) is 0 Å². The molecule has 15 heavy (non-hydrogen) atoms. The van der Waals surface area contributed by atoms with E-state index >= 15 is 0 Å². The third-order valence-electron chi connectivity index (χ3n) is 3.24. The van der Waals surface area contributed by atoms with Crippen LogP contribution >= 0.6 is 0 Å². The molecule has 1 aliphatic heterocycles. The molecule has 2 N–H and O–H groups in total. The Balaban J connectivity index is 2.26. The number of esters is 1. The lowest BCUT2D eigenvalue weighted by atomic mass is 9.94. The number of hydrogen-bond acceptors (Lipinski definition) is 4. The van der Waals surface area contributed by atoms with E-state index in [1.54, 1.807) is 0 Å². The van der Waals surface area contributed by atoms with Gasteiger partial charge in [-0.25, -0.2) is 0 Å². The van der Waals surface area contributed by atoms with Crippen molar-refractivity contribution in [3.8, 4) is 0 Å². The summed E-state index contributed by atoms with van der Waals surface area (Å²) in [6, 6.07) is -0.492. The SMILES string of the molecule is CCC1CCN(CC(N)C(=O)OC)CC1. The third kappa shape index (κ3) is 3.80. The molecule has 4 nitrogen and oxygen atoms in total. The molecule has 0 aliphatic carbocycles. The summed E-state index contributed by atoms with van der Waals surface area (Å²) in [5.74, 6) is 0.545. The Kier molecular flexibility index (Phi) is 5.05. The van der Waals surface area contributed by atoms with Gasteiger partial charge in [0.05, 0.1) is 7.11 Å². The van der Waals surface area contributed by atoms with Gasteiger partial charge in [-0.15, -0.1) is 0 Å². The van der Waals surface area contributed by atoms with E-state index in [4.69, 9.17) is 5.73 Å². The zero-order valence-electron chi connectivity index (χ0n) is 9.74. The number of carbonyl (C=O) groups is 1. The van der Waals surface area contributed by atoms with Crippen LogP contribution in [0.1, 0.15) is 26.2 Å². The van der Waals surface area contributed by atoms with Gasteiger partial charge < -0.3 is 15.4 Å². The summed E-state index contributed by atoms with van der Waals surface area (Å²) in [5, 5.41) is 0. The fourth-order valence-electron chi connectivity index (χ4n) is 2.08. The van der Waals surface area contributed by atoms with Crippen molar-refractivity contribution in [2.24, 2.45) is 11.7 Å². The van der Waals surface area contributed by atoms with Gasteiger partial charge in [-0.1, -0.05) is 13.3 Å². The number of likely N-dealkylation sites (tertiary alicyclic amines) is 1. The summed E-state index contributed by atoms with van der Waals surface area (Å²) < 4.78 is 4.61. The van der Waals surface area contributed by atoms with Crippen molar-refractivity contribution in [1.82, 2.24) is 4.90 Å². The number of hydrogen-bond donors (Lipinski definition) is 1. The van der Waals surface area contributed by atoms with E-state index in [-0.39, 0.29) is 5.97 Å². The van der Waals surface area contributed by atoms with Gasteiger partial charge in [0.2, 0.25) is 0 Å². The second kappa shape index (κ2) is 6.08. The molecule has 1 unspecified atom stereocenters. The fraction of sp³-hybridized carbons (Fsp3) is 0.909. The molecule has 88 valence electrons. The van der Waals surface area contributed by atoms with Crippen LogP contribution in [0.4, 0.5) is 0 Å². The minimum absolute atomic E-state index is 0.312. The van der Waals surface area contributed by atoms with Crippen molar-refractivity contribution in [3.63, 3.8) is 0 Å². The predicted octanol–water partition coefficient (Wildman–Crippen LogP) is 0.609. The van der Waals surface area contributed by atoms with Gasteiger partial charge in [0.1, 0.15) is 6.04 Å². The normalized spacial score (nSPS) is 21.3. The highest BCUT2D eigenvalue weighted by molar-refractivity contribution is 5.75. The van der Waals surface area contributed by atoms with E-state index in [1.807, 2.05) is 0 Å².